The number of alkyl carbamates (subject to hydrolysis) is 1. The van der Waals surface area contributed by atoms with Crippen molar-refractivity contribution in [1.29, 1.82) is 0 Å². The summed E-state index contributed by atoms with van der Waals surface area (Å²) in [5.74, 6) is 0.262. The first kappa shape index (κ1) is 46.1. The summed E-state index contributed by atoms with van der Waals surface area (Å²) in [4.78, 5) is 14.1. The molecule has 0 radical (unpaired) electrons. The quantitative estimate of drug-likeness (QED) is 0.0527. The number of nitrogens with zero attached hydrogens (tertiary/aromatic N) is 1. The highest BCUT2D eigenvalue weighted by Crippen LogP contribution is 2.28. The zero-order valence-electron chi connectivity index (χ0n) is 35.4. The predicted octanol–water partition coefficient (Wildman–Crippen LogP) is 9.02. The lowest BCUT2D eigenvalue weighted by atomic mass is 9.99. The second-order valence-electron chi connectivity index (χ2n) is 15.8. The van der Waals surface area contributed by atoms with Crippen LogP contribution in [0.3, 0.4) is 0 Å². The van der Waals surface area contributed by atoms with Crippen LogP contribution in [0.4, 0.5) is 4.79 Å². The summed E-state index contributed by atoms with van der Waals surface area (Å²) in [6.07, 6.45) is 5.48. The average Bonchev–Trinajstić information content (AvgIpc) is 3.24. The fourth-order valence-corrected chi connectivity index (χ4v) is 8.06. The highest BCUT2D eigenvalue weighted by atomic mass is 32.2. The first-order valence-corrected chi connectivity index (χ1v) is 23.2. The first-order chi connectivity index (χ1) is 29.0. The van der Waals surface area contributed by atoms with Crippen LogP contribution >= 0.6 is 0 Å². The Labute approximate surface area is 357 Å². The van der Waals surface area contributed by atoms with Crippen LogP contribution in [0.5, 0.6) is 5.75 Å². The Morgan fingerprint density at radius 2 is 1.23 bits per heavy atom. The molecule has 60 heavy (non-hydrogen) atoms. The second-order valence-corrected chi connectivity index (χ2v) is 17.9. The van der Waals surface area contributed by atoms with Gasteiger partial charge in [0.15, 0.2) is 9.84 Å². The van der Waals surface area contributed by atoms with Crippen molar-refractivity contribution in [3.63, 3.8) is 0 Å². The molecular weight excluding hydrogens is 773 g/mol. The Balaban J connectivity index is 1.14. The van der Waals surface area contributed by atoms with Crippen LogP contribution in [-0.4, -0.2) is 62.1 Å². The number of rotatable bonds is 24. The van der Waals surface area contributed by atoms with Crippen LogP contribution in [0.1, 0.15) is 94.9 Å². The van der Waals surface area contributed by atoms with Crippen LogP contribution in [0.15, 0.2) is 121 Å². The Hall–Kier alpha value is -5.00. The van der Waals surface area contributed by atoms with Crippen molar-refractivity contribution in [2.24, 2.45) is 0 Å². The Bertz CT molecular complexity index is 2160. The van der Waals surface area contributed by atoms with E-state index in [4.69, 9.17) is 9.47 Å². The minimum atomic E-state index is -3.38. The van der Waals surface area contributed by atoms with Crippen LogP contribution < -0.4 is 10.1 Å². The molecule has 0 aliphatic heterocycles. The molecular formula is C50H62N2O7S. The van der Waals surface area contributed by atoms with Crippen molar-refractivity contribution in [1.82, 2.24) is 10.2 Å². The number of carbonyl (C=O) groups excluding carboxylic acids is 1. The van der Waals surface area contributed by atoms with Crippen molar-refractivity contribution in [2.45, 2.75) is 90.0 Å². The van der Waals surface area contributed by atoms with Gasteiger partial charge in [0.05, 0.1) is 18.0 Å². The van der Waals surface area contributed by atoms with E-state index in [1.165, 1.54) is 28.5 Å². The summed E-state index contributed by atoms with van der Waals surface area (Å²) in [5, 5.41) is 25.9. The molecule has 10 heteroatoms. The molecule has 0 fully saturated rings. The zero-order chi connectivity index (χ0) is 42.7. The van der Waals surface area contributed by atoms with E-state index in [9.17, 15) is 23.4 Å². The maximum atomic E-state index is 12.4. The molecule has 0 unspecified atom stereocenters. The molecule has 0 aliphatic carbocycles. The summed E-state index contributed by atoms with van der Waals surface area (Å²) in [5.41, 5.74) is 8.79. The van der Waals surface area contributed by atoms with Gasteiger partial charge in [-0.2, -0.15) is 0 Å². The standard InChI is InChI=1S/C50H62N2O7S/c1-4-43-31-44(26-21-38(43)2)47(53)33-52(34-48(54)45-27-28-49(46(32-45)37-60(3,56)57)58-35-41-17-7-5-8-18-41)30-14-12-16-40-24-22-39(23-25-40)15-11-13-29-51-50(55)59-36-42-19-9-6-10-20-42/h5-10,17-28,31-32,47-48,53-54H,4,11-16,29-30,33-37H2,1-3H3,(H,51,55)/t47-,48-/m0/s1. The van der Waals surface area contributed by atoms with Crippen molar-refractivity contribution in [3.8, 4) is 5.75 Å². The number of hydrogen-bond donors (Lipinski definition) is 3. The largest absolute Gasteiger partial charge is 0.489 e. The SMILES string of the molecule is CCc1cc([C@@H](O)CN(CCCCc2ccc(CCCCNC(=O)OCc3ccccc3)cc2)C[C@H](O)c2ccc(OCc3ccccc3)c(CS(C)(=O)=O)c2)ccc1C. The molecule has 3 N–H and O–H groups in total. The van der Waals surface area contributed by atoms with Gasteiger partial charge in [0.1, 0.15) is 19.0 Å². The third-order valence-electron chi connectivity index (χ3n) is 10.7. The van der Waals surface area contributed by atoms with Gasteiger partial charge < -0.3 is 25.0 Å². The van der Waals surface area contributed by atoms with Gasteiger partial charge in [-0.3, -0.25) is 4.90 Å². The number of aliphatic hydroxyl groups excluding tert-OH is 2. The van der Waals surface area contributed by atoms with Crippen molar-refractivity contribution in [3.05, 3.63) is 171 Å². The van der Waals surface area contributed by atoms with Gasteiger partial charge in [-0.25, -0.2) is 13.2 Å². The maximum absolute atomic E-state index is 12.4. The highest BCUT2D eigenvalue weighted by molar-refractivity contribution is 7.89. The molecule has 0 bridgehead atoms. The number of nitrogens with one attached hydrogen (secondary N) is 1. The first-order valence-electron chi connectivity index (χ1n) is 21.1. The Morgan fingerprint density at radius 1 is 0.683 bits per heavy atom. The van der Waals surface area contributed by atoms with Crippen LogP contribution in [0.2, 0.25) is 0 Å². The van der Waals surface area contributed by atoms with Gasteiger partial charge in [0.2, 0.25) is 0 Å². The van der Waals surface area contributed by atoms with E-state index in [-0.39, 0.29) is 18.9 Å². The molecule has 320 valence electrons. The molecule has 0 heterocycles. The molecule has 0 aliphatic rings. The molecule has 1 amide bonds. The highest BCUT2D eigenvalue weighted by Gasteiger charge is 2.21. The molecule has 0 aromatic heterocycles. The van der Waals surface area contributed by atoms with Gasteiger partial charge >= 0.3 is 6.09 Å². The van der Waals surface area contributed by atoms with E-state index in [1.807, 2.05) is 66.7 Å². The number of aryl methyl sites for hydroxylation is 4. The van der Waals surface area contributed by atoms with Gasteiger partial charge in [-0.1, -0.05) is 116 Å². The van der Waals surface area contributed by atoms with E-state index in [0.29, 0.717) is 43.1 Å². The molecule has 0 saturated carbocycles. The van der Waals surface area contributed by atoms with E-state index in [2.05, 4.69) is 60.5 Å². The van der Waals surface area contributed by atoms with Gasteiger partial charge in [-0.15, -0.1) is 0 Å². The Morgan fingerprint density at radius 3 is 1.82 bits per heavy atom. The van der Waals surface area contributed by atoms with Crippen LogP contribution in [0, 0.1) is 6.92 Å². The number of carbonyl (C=O) groups is 1. The number of amides is 1. The molecule has 5 aromatic carbocycles. The monoisotopic (exact) mass is 834 g/mol. The third-order valence-corrected chi connectivity index (χ3v) is 11.5. The summed E-state index contributed by atoms with van der Waals surface area (Å²) in [6.45, 7) is 6.60. The minimum Gasteiger partial charge on any atom is -0.489 e. The van der Waals surface area contributed by atoms with Crippen molar-refractivity contribution >= 4 is 15.9 Å². The molecule has 0 spiro atoms. The van der Waals surface area contributed by atoms with E-state index < -0.39 is 28.1 Å². The summed E-state index contributed by atoms with van der Waals surface area (Å²) in [6, 6.07) is 39.4. The number of benzene rings is 5. The number of unbranched alkanes of at least 4 members (excludes halogenated alkanes) is 2. The normalized spacial score (nSPS) is 12.6. The molecule has 2 atom stereocenters. The van der Waals surface area contributed by atoms with Gasteiger partial charge in [0, 0.05) is 31.5 Å². The van der Waals surface area contributed by atoms with Crippen molar-refractivity contribution < 1.29 is 32.9 Å². The summed E-state index contributed by atoms with van der Waals surface area (Å²) < 4.78 is 36.2. The minimum absolute atomic E-state index is 0.209. The predicted molar refractivity (Wildman–Crippen MR) is 240 cm³/mol. The van der Waals surface area contributed by atoms with Crippen molar-refractivity contribution in [2.75, 3.05) is 32.4 Å². The van der Waals surface area contributed by atoms with Crippen LogP contribution in [-0.2, 0) is 52.8 Å². The maximum Gasteiger partial charge on any atom is 0.407 e. The molecule has 5 rings (SSSR count). The summed E-state index contributed by atoms with van der Waals surface area (Å²) in [7, 11) is -3.38. The lowest BCUT2D eigenvalue weighted by Crippen LogP contribution is -2.34. The van der Waals surface area contributed by atoms with E-state index >= 15 is 0 Å². The Kier molecular flexibility index (Phi) is 18.2. The number of aliphatic hydroxyl groups is 2. The zero-order valence-corrected chi connectivity index (χ0v) is 36.2. The lowest BCUT2D eigenvalue weighted by molar-refractivity contribution is 0.0678. The molecule has 5 aromatic rings. The smallest absolute Gasteiger partial charge is 0.407 e. The fourth-order valence-electron chi connectivity index (χ4n) is 7.27. The summed E-state index contributed by atoms with van der Waals surface area (Å²) >= 11 is 0. The van der Waals surface area contributed by atoms with Crippen LogP contribution in [0.25, 0.3) is 0 Å². The van der Waals surface area contributed by atoms with E-state index in [1.54, 1.807) is 18.2 Å². The van der Waals surface area contributed by atoms with Gasteiger partial charge in [-0.05, 0) is 115 Å². The molecule has 0 saturated heterocycles. The number of sulfone groups is 1. The number of hydrogen-bond acceptors (Lipinski definition) is 8. The average molecular weight is 835 g/mol. The topological polar surface area (TPSA) is 125 Å². The lowest BCUT2D eigenvalue weighted by Gasteiger charge is -2.28. The number of ether oxygens (including phenoxy) is 2. The fraction of sp³-hybridized carbons (Fsp3) is 0.380. The molecule has 9 nitrogen and oxygen atoms in total. The van der Waals surface area contributed by atoms with E-state index in [0.717, 1.165) is 61.6 Å². The van der Waals surface area contributed by atoms with Gasteiger partial charge in [0.25, 0.3) is 0 Å². The third kappa shape index (κ3) is 15.9. The second kappa shape index (κ2) is 23.7.